The quantitative estimate of drug-likeness (QED) is 0.791. The van der Waals surface area contributed by atoms with E-state index in [1.165, 1.54) is 24.8 Å². The number of nitrogens with two attached hydrogens (primary N) is 1. The molecule has 0 aliphatic carbocycles. The molecule has 1 unspecified atom stereocenters. The Morgan fingerprint density at radius 1 is 1.25 bits per heavy atom. The Morgan fingerprint density at radius 3 is 2.44 bits per heavy atom. The van der Waals surface area contributed by atoms with E-state index >= 15 is 0 Å². The van der Waals surface area contributed by atoms with Crippen LogP contribution in [0.4, 0.5) is 0 Å². The fourth-order valence-electron chi connectivity index (χ4n) is 2.15. The molecule has 0 aliphatic heterocycles. The van der Waals surface area contributed by atoms with Gasteiger partial charge in [0, 0.05) is 5.02 Å². The van der Waals surface area contributed by atoms with Gasteiger partial charge in [-0.05, 0) is 42.5 Å². The summed E-state index contributed by atoms with van der Waals surface area (Å²) >= 11 is 6.01. The van der Waals surface area contributed by atoms with Crippen molar-refractivity contribution in [2.24, 2.45) is 11.7 Å². The lowest BCUT2D eigenvalue weighted by Gasteiger charge is -2.21. The van der Waals surface area contributed by atoms with Crippen LogP contribution in [0.1, 0.15) is 44.6 Å². The van der Waals surface area contributed by atoms with Crippen molar-refractivity contribution >= 4 is 11.6 Å². The molecule has 0 aromatic heterocycles. The molecular weight excluding hydrogens is 218 g/mol. The number of halogens is 1. The molecule has 2 heteroatoms. The zero-order valence-electron chi connectivity index (χ0n) is 10.2. The predicted octanol–water partition coefficient (Wildman–Crippen LogP) is 4.21. The summed E-state index contributed by atoms with van der Waals surface area (Å²) in [5.41, 5.74) is 7.15. The van der Waals surface area contributed by atoms with Crippen LogP contribution in [0, 0.1) is 5.92 Å². The summed E-state index contributed by atoms with van der Waals surface area (Å²) in [6, 6.07) is 8.09. The van der Waals surface area contributed by atoms with Gasteiger partial charge in [0.2, 0.25) is 0 Å². The first kappa shape index (κ1) is 13.5. The summed E-state index contributed by atoms with van der Waals surface area (Å²) in [6.07, 6.45) is 3.63. The summed E-state index contributed by atoms with van der Waals surface area (Å²) in [4.78, 5) is 0. The maximum absolute atomic E-state index is 6.01. The van der Waals surface area contributed by atoms with E-state index in [1.807, 2.05) is 18.2 Å². The fourth-order valence-corrected chi connectivity index (χ4v) is 2.35. The average molecular weight is 240 g/mol. The third kappa shape index (κ3) is 3.80. The SMILES string of the molecule is CCC(CC)CC(CN)c1cccc(Cl)c1. The minimum atomic E-state index is 0.448. The summed E-state index contributed by atoms with van der Waals surface area (Å²) in [5, 5.41) is 0.806. The van der Waals surface area contributed by atoms with Gasteiger partial charge in [-0.25, -0.2) is 0 Å². The molecule has 0 saturated carbocycles. The van der Waals surface area contributed by atoms with E-state index in [2.05, 4.69) is 19.9 Å². The van der Waals surface area contributed by atoms with Gasteiger partial charge >= 0.3 is 0 Å². The molecule has 0 amide bonds. The molecule has 0 heterocycles. The maximum atomic E-state index is 6.01. The predicted molar refractivity (Wildman–Crippen MR) is 71.9 cm³/mol. The van der Waals surface area contributed by atoms with Gasteiger partial charge in [0.1, 0.15) is 0 Å². The Kier molecular flexibility index (Phi) is 5.86. The molecule has 0 radical (unpaired) electrons. The first-order valence-corrected chi connectivity index (χ1v) is 6.54. The van der Waals surface area contributed by atoms with Crippen LogP contribution in [-0.2, 0) is 0 Å². The minimum absolute atomic E-state index is 0.448. The smallest absolute Gasteiger partial charge is 0.0408 e. The van der Waals surface area contributed by atoms with Gasteiger partial charge < -0.3 is 5.73 Å². The Labute approximate surface area is 104 Å². The number of benzene rings is 1. The highest BCUT2D eigenvalue weighted by Gasteiger charge is 2.14. The summed E-state index contributed by atoms with van der Waals surface area (Å²) in [5.74, 6) is 1.22. The second-order valence-electron chi connectivity index (χ2n) is 4.41. The molecule has 1 aromatic rings. The molecule has 90 valence electrons. The molecule has 0 bridgehead atoms. The van der Waals surface area contributed by atoms with Crippen LogP contribution in [0.3, 0.4) is 0 Å². The standard InChI is InChI=1S/C14H22ClN/c1-3-11(4-2)8-13(10-16)12-6-5-7-14(15)9-12/h5-7,9,11,13H,3-4,8,10,16H2,1-2H3. The molecule has 0 spiro atoms. The summed E-state index contributed by atoms with van der Waals surface area (Å²) in [7, 11) is 0. The van der Waals surface area contributed by atoms with Crippen LogP contribution >= 0.6 is 11.6 Å². The van der Waals surface area contributed by atoms with E-state index in [-0.39, 0.29) is 0 Å². The van der Waals surface area contributed by atoms with Gasteiger partial charge in [-0.2, -0.15) is 0 Å². The van der Waals surface area contributed by atoms with Crippen molar-refractivity contribution in [3.8, 4) is 0 Å². The van der Waals surface area contributed by atoms with Crippen molar-refractivity contribution in [3.05, 3.63) is 34.9 Å². The fraction of sp³-hybridized carbons (Fsp3) is 0.571. The minimum Gasteiger partial charge on any atom is -0.330 e. The van der Waals surface area contributed by atoms with Crippen molar-refractivity contribution in [1.82, 2.24) is 0 Å². The molecule has 1 aromatic carbocycles. The molecular formula is C14H22ClN. The highest BCUT2D eigenvalue weighted by atomic mass is 35.5. The van der Waals surface area contributed by atoms with Gasteiger partial charge in [0.05, 0.1) is 0 Å². The topological polar surface area (TPSA) is 26.0 Å². The van der Waals surface area contributed by atoms with E-state index in [0.29, 0.717) is 12.5 Å². The number of hydrogen-bond donors (Lipinski definition) is 1. The van der Waals surface area contributed by atoms with Crippen LogP contribution < -0.4 is 5.73 Å². The van der Waals surface area contributed by atoms with Crippen LogP contribution in [-0.4, -0.2) is 6.54 Å². The largest absolute Gasteiger partial charge is 0.330 e. The van der Waals surface area contributed by atoms with Gasteiger partial charge in [-0.3, -0.25) is 0 Å². The Hall–Kier alpha value is -0.530. The lowest BCUT2D eigenvalue weighted by atomic mass is 9.86. The third-order valence-electron chi connectivity index (χ3n) is 3.38. The van der Waals surface area contributed by atoms with Crippen LogP contribution in [0.25, 0.3) is 0 Å². The number of rotatable bonds is 6. The molecule has 1 nitrogen and oxygen atoms in total. The molecule has 0 aliphatic rings. The molecule has 0 fully saturated rings. The van der Waals surface area contributed by atoms with Crippen molar-refractivity contribution in [2.75, 3.05) is 6.54 Å². The van der Waals surface area contributed by atoms with Gasteiger partial charge in [-0.15, -0.1) is 0 Å². The second-order valence-corrected chi connectivity index (χ2v) is 4.84. The first-order chi connectivity index (χ1) is 7.71. The summed E-state index contributed by atoms with van der Waals surface area (Å²) in [6.45, 7) is 5.20. The zero-order chi connectivity index (χ0) is 12.0. The summed E-state index contributed by atoms with van der Waals surface area (Å²) < 4.78 is 0. The van der Waals surface area contributed by atoms with Crippen LogP contribution in [0.15, 0.2) is 24.3 Å². The lowest BCUT2D eigenvalue weighted by molar-refractivity contribution is 0.413. The van der Waals surface area contributed by atoms with Crippen LogP contribution in [0.5, 0.6) is 0 Å². The van der Waals surface area contributed by atoms with Crippen LogP contribution in [0.2, 0.25) is 5.02 Å². The monoisotopic (exact) mass is 239 g/mol. The van der Waals surface area contributed by atoms with Gasteiger partial charge in [0.15, 0.2) is 0 Å². The second kappa shape index (κ2) is 6.93. The first-order valence-electron chi connectivity index (χ1n) is 6.16. The zero-order valence-corrected chi connectivity index (χ0v) is 11.0. The van der Waals surface area contributed by atoms with E-state index in [1.54, 1.807) is 0 Å². The Morgan fingerprint density at radius 2 is 1.94 bits per heavy atom. The van der Waals surface area contributed by atoms with E-state index in [9.17, 15) is 0 Å². The van der Waals surface area contributed by atoms with Crippen molar-refractivity contribution in [3.63, 3.8) is 0 Å². The number of hydrogen-bond acceptors (Lipinski definition) is 1. The maximum Gasteiger partial charge on any atom is 0.0408 e. The lowest BCUT2D eigenvalue weighted by Crippen LogP contribution is -2.16. The molecule has 0 saturated heterocycles. The van der Waals surface area contributed by atoms with E-state index in [4.69, 9.17) is 17.3 Å². The highest BCUT2D eigenvalue weighted by Crippen LogP contribution is 2.27. The normalized spacial score (nSPS) is 13.1. The van der Waals surface area contributed by atoms with E-state index in [0.717, 1.165) is 10.9 Å². The van der Waals surface area contributed by atoms with Crippen molar-refractivity contribution in [2.45, 2.75) is 39.0 Å². The highest BCUT2D eigenvalue weighted by molar-refractivity contribution is 6.30. The van der Waals surface area contributed by atoms with E-state index < -0.39 is 0 Å². The molecule has 2 N–H and O–H groups in total. The van der Waals surface area contributed by atoms with Gasteiger partial charge in [-0.1, -0.05) is 50.4 Å². The Bertz CT molecular complexity index is 307. The van der Waals surface area contributed by atoms with Crippen molar-refractivity contribution < 1.29 is 0 Å². The Balaban J connectivity index is 2.74. The molecule has 1 atom stereocenters. The average Bonchev–Trinajstić information content (AvgIpc) is 2.31. The van der Waals surface area contributed by atoms with Gasteiger partial charge in [0.25, 0.3) is 0 Å². The van der Waals surface area contributed by atoms with Crippen molar-refractivity contribution in [1.29, 1.82) is 0 Å². The molecule has 16 heavy (non-hydrogen) atoms. The molecule has 1 rings (SSSR count). The third-order valence-corrected chi connectivity index (χ3v) is 3.61.